The van der Waals surface area contributed by atoms with E-state index in [-0.39, 0.29) is 71.9 Å². The van der Waals surface area contributed by atoms with E-state index in [4.69, 9.17) is 16.3 Å². The average molecular weight is 745 g/mol. The van der Waals surface area contributed by atoms with Gasteiger partial charge in [0.05, 0.1) is 24.5 Å². The Morgan fingerprint density at radius 1 is 1.11 bits per heavy atom. The van der Waals surface area contributed by atoms with Crippen LogP contribution >= 0.6 is 34.2 Å². The summed E-state index contributed by atoms with van der Waals surface area (Å²) >= 11 is 10.1. The van der Waals surface area contributed by atoms with Crippen LogP contribution in [0, 0.1) is 23.7 Å². The Hall–Kier alpha value is -0.660. The van der Waals surface area contributed by atoms with Crippen LogP contribution in [0.5, 0.6) is 0 Å². The zero-order valence-corrected chi connectivity index (χ0v) is 29.9. The summed E-state index contributed by atoms with van der Waals surface area (Å²) in [4.78, 5) is 33.8. The van der Waals surface area contributed by atoms with E-state index < -0.39 is 0 Å². The van der Waals surface area contributed by atoms with Crippen molar-refractivity contribution in [3.05, 3.63) is 12.7 Å². The third kappa shape index (κ3) is 6.18. The van der Waals surface area contributed by atoms with Crippen molar-refractivity contribution in [3.63, 3.8) is 0 Å². The zero-order valence-electron chi connectivity index (χ0n) is 27.0. The molecular formula is C33H54ClIN6O3. The molecule has 5 saturated heterocycles. The van der Waals surface area contributed by atoms with E-state index in [1.54, 1.807) is 0 Å². The number of hydrogen-bond donors (Lipinski definition) is 3. The van der Waals surface area contributed by atoms with Gasteiger partial charge in [-0.3, -0.25) is 15.0 Å². The number of carbonyl (C=O) groups excluding carboxylic acids is 2. The number of ether oxygens (including phenoxy) is 1. The second-order valence-electron chi connectivity index (χ2n) is 14.8. The molecule has 6 fully saturated rings. The van der Waals surface area contributed by atoms with Gasteiger partial charge in [-0.15, -0.1) is 11.6 Å². The highest BCUT2D eigenvalue weighted by atomic mass is 127. The van der Waals surface area contributed by atoms with Crippen molar-refractivity contribution >= 4 is 46.1 Å². The first-order valence-electron chi connectivity index (χ1n) is 17.3. The van der Waals surface area contributed by atoms with Crippen LogP contribution in [-0.4, -0.2) is 111 Å². The number of carbonyl (C=O) groups is 2. The molecule has 11 heteroatoms. The fourth-order valence-electron chi connectivity index (χ4n) is 9.68. The Labute approximate surface area is 283 Å². The van der Waals surface area contributed by atoms with E-state index in [1.807, 2.05) is 4.90 Å². The molecule has 0 aromatic rings. The first kappa shape index (κ1) is 33.2. The highest BCUT2D eigenvalue weighted by molar-refractivity contribution is 14.1. The maximum atomic E-state index is 14.6. The van der Waals surface area contributed by atoms with E-state index in [9.17, 15) is 9.59 Å². The van der Waals surface area contributed by atoms with Gasteiger partial charge in [0.1, 0.15) is 0 Å². The van der Waals surface area contributed by atoms with Gasteiger partial charge < -0.3 is 25.2 Å². The van der Waals surface area contributed by atoms with Gasteiger partial charge >= 0.3 is 6.03 Å². The third-order valence-electron chi connectivity index (χ3n) is 11.8. The van der Waals surface area contributed by atoms with Gasteiger partial charge in [-0.2, -0.15) is 0 Å². The molecule has 5 aliphatic heterocycles. The average Bonchev–Trinajstić information content (AvgIpc) is 2.99. The van der Waals surface area contributed by atoms with E-state index in [0.717, 1.165) is 45.3 Å². The van der Waals surface area contributed by atoms with E-state index in [1.165, 1.54) is 18.9 Å². The molecule has 1 saturated carbocycles. The molecule has 9 nitrogen and oxygen atoms in total. The van der Waals surface area contributed by atoms with Crippen molar-refractivity contribution in [2.45, 2.75) is 131 Å². The molecule has 13 atom stereocenters. The Morgan fingerprint density at radius 3 is 2.66 bits per heavy atom. The molecule has 11 unspecified atom stereocenters. The number of nitrogens with zero attached hydrogens (tertiary/aromatic N) is 3. The van der Waals surface area contributed by atoms with Crippen LogP contribution in [0.4, 0.5) is 4.79 Å². The highest BCUT2D eigenvalue weighted by Crippen LogP contribution is 2.45. The van der Waals surface area contributed by atoms with Crippen molar-refractivity contribution in [2.24, 2.45) is 23.7 Å². The van der Waals surface area contributed by atoms with E-state index in [2.05, 4.69) is 82.6 Å². The van der Waals surface area contributed by atoms with E-state index >= 15 is 0 Å². The first-order valence-corrected chi connectivity index (χ1v) is 19.0. The van der Waals surface area contributed by atoms with Gasteiger partial charge in [0, 0.05) is 65.0 Å². The van der Waals surface area contributed by atoms with E-state index in [0.29, 0.717) is 34.8 Å². The number of nitrogens with one attached hydrogen (secondary N) is 3. The summed E-state index contributed by atoms with van der Waals surface area (Å²) < 4.78 is 7.20. The lowest BCUT2D eigenvalue weighted by Gasteiger charge is -2.61. The standard InChI is InChI=1S/C33H54ClIN6O3/c1-6-26(42)39-16-20(5)40(17-19(39)4)31-22-15-23(34)29-27-24(35)10-7-11-25(27)44-14-8-9-21-12-13-36-28(18(2)3)30(21)41(32(22)37-29)33(43)38-31/h6,18-25,27-32,36-37H,1,7-17H2,2-5H3,(H,38,43)/t19-,20+,21?,22?,23?,24?,25?,27?,28?,29?,30?,31?,32?/m1/s1. The Balaban J connectivity index is 1.38. The lowest BCUT2D eigenvalue weighted by molar-refractivity contribution is -0.135. The summed E-state index contributed by atoms with van der Waals surface area (Å²) in [5.74, 6) is 1.20. The lowest BCUT2D eigenvalue weighted by atomic mass is 9.73. The molecule has 0 aromatic heterocycles. The number of rotatable bonds is 3. The minimum absolute atomic E-state index is 0.0243. The van der Waals surface area contributed by atoms with Crippen molar-refractivity contribution in [1.29, 1.82) is 0 Å². The number of piperidine rings is 2. The number of piperazine rings is 1. The van der Waals surface area contributed by atoms with Crippen molar-refractivity contribution < 1.29 is 14.3 Å². The summed E-state index contributed by atoms with van der Waals surface area (Å²) in [7, 11) is 0. The van der Waals surface area contributed by atoms with Gasteiger partial charge in [0.15, 0.2) is 0 Å². The number of urea groups is 1. The van der Waals surface area contributed by atoms with Crippen LogP contribution in [0.15, 0.2) is 12.7 Å². The fraction of sp³-hybridized carbons (Fsp3) is 0.879. The number of hydrogen-bond acceptors (Lipinski definition) is 6. The fourth-order valence-corrected chi connectivity index (χ4v) is 11.5. The van der Waals surface area contributed by atoms with Crippen LogP contribution in [-0.2, 0) is 9.53 Å². The molecule has 5 heterocycles. The number of alkyl halides is 2. The summed E-state index contributed by atoms with van der Waals surface area (Å²) in [5.41, 5.74) is 0. The second-order valence-corrected chi connectivity index (χ2v) is 16.9. The first-order chi connectivity index (χ1) is 21.1. The topological polar surface area (TPSA) is 89.2 Å². The Kier molecular flexibility index (Phi) is 10.4. The van der Waals surface area contributed by atoms with Crippen LogP contribution in [0.2, 0.25) is 0 Å². The predicted octanol–water partition coefficient (Wildman–Crippen LogP) is 4.14. The van der Waals surface area contributed by atoms with Crippen molar-refractivity contribution in [3.8, 4) is 0 Å². The quantitative estimate of drug-likeness (QED) is 0.229. The second kappa shape index (κ2) is 13.8. The summed E-state index contributed by atoms with van der Waals surface area (Å²) in [6.45, 7) is 15.6. The molecule has 2 bridgehead atoms. The molecule has 6 rings (SSSR count). The zero-order chi connectivity index (χ0) is 31.3. The molecule has 3 amide bonds. The maximum absolute atomic E-state index is 14.6. The van der Waals surface area contributed by atoms with Gasteiger partial charge in [-0.25, -0.2) is 4.79 Å². The molecule has 1 aliphatic carbocycles. The third-order valence-corrected chi connectivity index (χ3v) is 13.7. The molecule has 0 aromatic carbocycles. The van der Waals surface area contributed by atoms with Crippen LogP contribution in [0.25, 0.3) is 0 Å². The molecule has 3 N–H and O–H groups in total. The molecule has 44 heavy (non-hydrogen) atoms. The Morgan fingerprint density at radius 2 is 1.91 bits per heavy atom. The summed E-state index contributed by atoms with van der Waals surface area (Å²) in [5, 5.41) is 11.4. The largest absolute Gasteiger partial charge is 0.378 e. The minimum atomic E-state index is -0.161. The number of halogens is 2. The predicted molar refractivity (Wildman–Crippen MR) is 183 cm³/mol. The lowest BCUT2D eigenvalue weighted by Crippen LogP contribution is -2.80. The molecule has 6 aliphatic rings. The smallest absolute Gasteiger partial charge is 0.320 e. The minimum Gasteiger partial charge on any atom is -0.378 e. The molecule has 0 radical (unpaired) electrons. The highest BCUT2D eigenvalue weighted by Gasteiger charge is 2.57. The molecule has 0 spiro atoms. The van der Waals surface area contributed by atoms with Gasteiger partial charge in [0.2, 0.25) is 5.91 Å². The SMILES string of the molecule is C=CC(=O)N1C[C@H](C)N(C2NC(=O)N3C4NC(C(Cl)CC42)C2C(I)CCCC2OCCCC2CCNC(C(C)C)C23)C[C@H]1C. The Bertz CT molecular complexity index is 1070. The monoisotopic (exact) mass is 744 g/mol. The normalized spacial score (nSPS) is 45.3. The van der Waals surface area contributed by atoms with Crippen LogP contribution in [0.3, 0.4) is 0 Å². The van der Waals surface area contributed by atoms with Crippen molar-refractivity contribution in [1.82, 2.24) is 30.7 Å². The summed E-state index contributed by atoms with van der Waals surface area (Å²) in [6.07, 6.45) is 8.77. The number of fused-ring (bicyclic) bond motifs is 5. The van der Waals surface area contributed by atoms with Crippen LogP contribution < -0.4 is 16.0 Å². The summed E-state index contributed by atoms with van der Waals surface area (Å²) in [6, 6.07) is 0.533. The molecular weight excluding hydrogens is 691 g/mol. The van der Waals surface area contributed by atoms with Gasteiger partial charge in [-0.1, -0.05) is 43.0 Å². The van der Waals surface area contributed by atoms with Gasteiger partial charge in [-0.05, 0) is 83.2 Å². The van der Waals surface area contributed by atoms with Crippen LogP contribution in [0.1, 0.15) is 72.6 Å². The maximum Gasteiger partial charge on any atom is 0.320 e. The molecule has 248 valence electrons. The van der Waals surface area contributed by atoms with Crippen molar-refractivity contribution in [2.75, 3.05) is 26.2 Å². The number of amides is 3. The van der Waals surface area contributed by atoms with Gasteiger partial charge in [0.25, 0.3) is 0 Å².